The van der Waals surface area contributed by atoms with Gasteiger partial charge in [-0.2, -0.15) is 5.10 Å². The minimum atomic E-state index is -0.729. The van der Waals surface area contributed by atoms with Crippen LogP contribution < -0.4 is 5.73 Å². The van der Waals surface area contributed by atoms with E-state index in [1.54, 1.807) is 31.4 Å². The van der Waals surface area contributed by atoms with Crippen molar-refractivity contribution in [3.05, 3.63) is 24.2 Å². The number of hydrogen-bond acceptors (Lipinski definition) is 6. The maximum atomic E-state index is 10.00. The Morgan fingerprint density at radius 1 is 1.36 bits per heavy atom. The quantitative estimate of drug-likeness (QED) is 0.521. The van der Waals surface area contributed by atoms with E-state index in [1.807, 2.05) is 19.2 Å². The lowest BCUT2D eigenvalue weighted by molar-refractivity contribution is 0.0707. The van der Waals surface area contributed by atoms with Gasteiger partial charge in [0.25, 0.3) is 0 Å². The SMILES string of the molecule is Cn1c(CCC(C)(C)O)nc2c(N)nc3cc(-c4cc[nH]n4)sc3c21. The molecule has 0 atom stereocenters. The van der Waals surface area contributed by atoms with Crippen LogP contribution in [0, 0.1) is 0 Å². The lowest BCUT2D eigenvalue weighted by Crippen LogP contribution is -2.20. The van der Waals surface area contributed by atoms with Crippen LogP contribution in [0.2, 0.25) is 0 Å². The molecule has 0 bridgehead atoms. The third-order valence-electron chi connectivity index (χ3n) is 4.31. The Morgan fingerprint density at radius 3 is 2.84 bits per heavy atom. The molecule has 0 unspecified atom stereocenters. The first-order chi connectivity index (χ1) is 11.8. The Labute approximate surface area is 148 Å². The van der Waals surface area contributed by atoms with Crippen LogP contribution in [0.15, 0.2) is 18.3 Å². The van der Waals surface area contributed by atoms with Gasteiger partial charge in [-0.25, -0.2) is 9.97 Å². The van der Waals surface area contributed by atoms with Crippen LogP contribution in [-0.4, -0.2) is 35.4 Å². The van der Waals surface area contributed by atoms with E-state index in [9.17, 15) is 5.11 Å². The average Bonchev–Trinajstić information content (AvgIpc) is 3.23. The fourth-order valence-corrected chi connectivity index (χ4v) is 4.11. The van der Waals surface area contributed by atoms with E-state index in [-0.39, 0.29) is 0 Å². The number of aliphatic hydroxyl groups is 1. The Kier molecular flexibility index (Phi) is 3.55. The molecule has 7 nitrogen and oxygen atoms in total. The van der Waals surface area contributed by atoms with Gasteiger partial charge >= 0.3 is 0 Å². The minimum absolute atomic E-state index is 0.430. The molecule has 0 aliphatic carbocycles. The number of nitrogens with one attached hydrogen (secondary N) is 1. The number of nitrogens with two attached hydrogens (primary N) is 1. The van der Waals surface area contributed by atoms with E-state index in [2.05, 4.69) is 24.7 Å². The minimum Gasteiger partial charge on any atom is -0.390 e. The lowest BCUT2D eigenvalue weighted by atomic mass is 10.0. The van der Waals surface area contributed by atoms with Crippen molar-refractivity contribution in [3.63, 3.8) is 0 Å². The molecule has 0 fully saturated rings. The fourth-order valence-electron chi connectivity index (χ4n) is 2.97. The Morgan fingerprint density at radius 2 is 2.16 bits per heavy atom. The first-order valence-corrected chi connectivity index (χ1v) is 8.92. The number of H-pyrrole nitrogens is 1. The van der Waals surface area contributed by atoms with Gasteiger partial charge in [0.15, 0.2) is 5.82 Å². The number of thiophene rings is 1. The van der Waals surface area contributed by atoms with Gasteiger partial charge in [-0.1, -0.05) is 0 Å². The normalized spacial score (nSPS) is 12.5. The number of nitrogen functional groups attached to an aromatic ring is 1. The van der Waals surface area contributed by atoms with Crippen molar-refractivity contribution in [2.45, 2.75) is 32.3 Å². The van der Waals surface area contributed by atoms with Crippen molar-refractivity contribution in [1.29, 1.82) is 0 Å². The molecule has 0 aliphatic rings. The molecule has 0 saturated carbocycles. The summed E-state index contributed by atoms with van der Waals surface area (Å²) in [6.07, 6.45) is 3.10. The molecule has 0 amide bonds. The van der Waals surface area contributed by atoms with E-state index in [1.165, 1.54) is 0 Å². The topological polar surface area (TPSA) is 106 Å². The van der Waals surface area contributed by atoms with Crippen molar-refractivity contribution in [3.8, 4) is 10.6 Å². The van der Waals surface area contributed by atoms with Crippen molar-refractivity contribution in [2.24, 2.45) is 7.05 Å². The summed E-state index contributed by atoms with van der Waals surface area (Å²) in [7, 11) is 1.99. The molecule has 0 spiro atoms. The number of imidazole rings is 1. The van der Waals surface area contributed by atoms with Gasteiger partial charge in [0.2, 0.25) is 0 Å². The summed E-state index contributed by atoms with van der Waals surface area (Å²) in [5.74, 6) is 1.33. The predicted molar refractivity (Wildman–Crippen MR) is 101 cm³/mol. The second kappa shape index (κ2) is 5.53. The zero-order valence-corrected chi connectivity index (χ0v) is 15.2. The molecule has 4 rings (SSSR count). The monoisotopic (exact) mass is 356 g/mol. The third-order valence-corrected chi connectivity index (χ3v) is 5.47. The summed E-state index contributed by atoms with van der Waals surface area (Å²) >= 11 is 1.63. The number of fused-ring (bicyclic) bond motifs is 3. The van der Waals surface area contributed by atoms with Crippen LogP contribution in [-0.2, 0) is 13.5 Å². The van der Waals surface area contributed by atoms with Crippen molar-refractivity contribution >= 4 is 38.4 Å². The number of hydrogen-bond donors (Lipinski definition) is 3. The molecular weight excluding hydrogens is 336 g/mol. The second-order valence-electron chi connectivity index (χ2n) is 6.88. The summed E-state index contributed by atoms with van der Waals surface area (Å²) in [4.78, 5) is 10.2. The Balaban J connectivity index is 1.89. The highest BCUT2D eigenvalue weighted by molar-refractivity contribution is 7.23. The fraction of sp³-hybridized carbons (Fsp3) is 0.353. The molecule has 8 heteroatoms. The van der Waals surface area contributed by atoms with E-state index < -0.39 is 5.60 Å². The summed E-state index contributed by atoms with van der Waals surface area (Å²) in [6, 6.07) is 3.94. The number of rotatable bonds is 4. The summed E-state index contributed by atoms with van der Waals surface area (Å²) in [5, 5.41) is 17.1. The van der Waals surface area contributed by atoms with Gasteiger partial charge in [0.05, 0.1) is 26.2 Å². The summed E-state index contributed by atoms with van der Waals surface area (Å²) in [5.41, 5.74) is 8.88. The smallest absolute Gasteiger partial charge is 0.152 e. The van der Waals surface area contributed by atoms with E-state index in [4.69, 9.17) is 5.73 Å². The number of anilines is 1. The van der Waals surface area contributed by atoms with Gasteiger partial charge in [-0.05, 0) is 32.4 Å². The highest BCUT2D eigenvalue weighted by atomic mass is 32.1. The van der Waals surface area contributed by atoms with E-state index in [0.29, 0.717) is 18.7 Å². The first kappa shape index (κ1) is 16.0. The Bertz CT molecular complexity index is 1050. The van der Waals surface area contributed by atoms with Crippen LogP contribution in [0.5, 0.6) is 0 Å². The molecule has 130 valence electrons. The standard InChI is InChI=1S/C17H20N6OS/c1-17(2,24)6-4-12-21-13-14(23(12)3)15-10(20-16(13)18)8-11(25-15)9-5-7-19-22-9/h5,7-8,24H,4,6H2,1-3H3,(H2,18,20)(H,19,22). The van der Waals surface area contributed by atoms with Crippen LogP contribution in [0.25, 0.3) is 31.8 Å². The molecule has 0 aliphatic heterocycles. The van der Waals surface area contributed by atoms with Crippen LogP contribution >= 0.6 is 11.3 Å². The number of aryl methyl sites for hydroxylation is 2. The maximum Gasteiger partial charge on any atom is 0.152 e. The van der Waals surface area contributed by atoms with Gasteiger partial charge in [-0.15, -0.1) is 11.3 Å². The molecule has 4 aromatic rings. The molecule has 0 aromatic carbocycles. The molecular formula is C17H20N6OS. The first-order valence-electron chi connectivity index (χ1n) is 8.10. The van der Waals surface area contributed by atoms with Crippen LogP contribution in [0.1, 0.15) is 26.1 Å². The molecule has 4 aromatic heterocycles. The number of aromatic nitrogens is 5. The number of aromatic amines is 1. The molecule has 0 radical (unpaired) electrons. The van der Waals surface area contributed by atoms with Gasteiger partial charge < -0.3 is 15.4 Å². The average molecular weight is 356 g/mol. The zero-order valence-electron chi connectivity index (χ0n) is 14.4. The van der Waals surface area contributed by atoms with Crippen molar-refractivity contribution < 1.29 is 5.11 Å². The maximum absolute atomic E-state index is 10.00. The Hall–Kier alpha value is -2.45. The summed E-state index contributed by atoms with van der Waals surface area (Å²) in [6.45, 7) is 3.61. The van der Waals surface area contributed by atoms with E-state index in [0.717, 1.165) is 37.6 Å². The lowest BCUT2D eigenvalue weighted by Gasteiger charge is -2.16. The van der Waals surface area contributed by atoms with Crippen molar-refractivity contribution in [2.75, 3.05) is 5.73 Å². The molecule has 4 N–H and O–H groups in total. The zero-order chi connectivity index (χ0) is 17.8. The largest absolute Gasteiger partial charge is 0.390 e. The molecule has 4 heterocycles. The predicted octanol–water partition coefficient (Wildman–Crippen LogP) is 2.86. The summed E-state index contributed by atoms with van der Waals surface area (Å²) < 4.78 is 3.11. The number of nitrogens with zero attached hydrogens (tertiary/aromatic N) is 4. The number of pyridine rings is 1. The van der Waals surface area contributed by atoms with Crippen LogP contribution in [0.4, 0.5) is 5.82 Å². The van der Waals surface area contributed by atoms with Crippen LogP contribution in [0.3, 0.4) is 0 Å². The molecule has 0 saturated heterocycles. The van der Waals surface area contributed by atoms with Gasteiger partial charge in [-0.3, -0.25) is 5.10 Å². The highest BCUT2D eigenvalue weighted by Gasteiger charge is 2.20. The van der Waals surface area contributed by atoms with Gasteiger partial charge in [0.1, 0.15) is 17.0 Å². The third kappa shape index (κ3) is 2.77. The molecule has 25 heavy (non-hydrogen) atoms. The second-order valence-corrected chi connectivity index (χ2v) is 7.93. The van der Waals surface area contributed by atoms with Crippen molar-refractivity contribution in [1.82, 2.24) is 24.7 Å². The van der Waals surface area contributed by atoms with Gasteiger partial charge in [0, 0.05) is 19.7 Å². The van der Waals surface area contributed by atoms with E-state index >= 15 is 0 Å². The highest BCUT2D eigenvalue weighted by Crippen LogP contribution is 2.37.